The van der Waals surface area contributed by atoms with E-state index >= 15 is 0 Å². The van der Waals surface area contributed by atoms with Crippen molar-refractivity contribution in [3.8, 4) is 0 Å². The molecule has 16 heavy (non-hydrogen) atoms. The zero-order chi connectivity index (χ0) is 11.4. The maximum absolute atomic E-state index is 2.54. The first kappa shape index (κ1) is 11.6. The Balaban J connectivity index is 2.20. The summed E-state index contributed by atoms with van der Waals surface area (Å²) >= 11 is 2.54. The minimum absolute atomic E-state index is 0.529. The molecule has 0 unspecified atom stereocenters. The summed E-state index contributed by atoms with van der Waals surface area (Å²) in [5.41, 5.74) is 2.81. The molecule has 2 aromatic rings. The third-order valence-electron chi connectivity index (χ3n) is 2.88. The molecule has 0 fully saturated rings. The standard InChI is InChI=1S/C15H15I/c1-12(13-8-4-2-5-9-13)15(16)14-10-6-3-7-11-14/h2-12,15H,1H3/t12-,15-/m1/s1. The Bertz CT molecular complexity index is 378. The molecule has 0 heterocycles. The first-order valence-corrected chi connectivity index (χ1v) is 6.77. The van der Waals surface area contributed by atoms with Gasteiger partial charge in [0.25, 0.3) is 0 Å². The van der Waals surface area contributed by atoms with Gasteiger partial charge >= 0.3 is 0 Å². The zero-order valence-electron chi connectivity index (χ0n) is 9.31. The minimum atomic E-state index is 0.529. The molecule has 0 saturated heterocycles. The van der Waals surface area contributed by atoms with E-state index in [0.29, 0.717) is 9.84 Å². The van der Waals surface area contributed by atoms with Gasteiger partial charge in [-0.2, -0.15) is 0 Å². The molecule has 0 bridgehead atoms. The van der Waals surface area contributed by atoms with E-state index in [1.54, 1.807) is 0 Å². The maximum atomic E-state index is 2.54. The largest absolute Gasteiger partial charge is 0.0768 e. The van der Waals surface area contributed by atoms with Crippen LogP contribution in [0.25, 0.3) is 0 Å². The summed E-state index contributed by atoms with van der Waals surface area (Å²) in [5.74, 6) is 0.546. The Morgan fingerprint density at radius 1 is 0.750 bits per heavy atom. The first-order valence-electron chi connectivity index (χ1n) is 5.53. The third kappa shape index (κ3) is 2.64. The summed E-state index contributed by atoms with van der Waals surface area (Å²) in [4.78, 5) is 0. The van der Waals surface area contributed by atoms with Crippen LogP contribution in [0.15, 0.2) is 60.7 Å². The molecular formula is C15H15I. The molecule has 0 saturated carbocycles. The van der Waals surface area contributed by atoms with Crippen LogP contribution in [0, 0.1) is 0 Å². The molecule has 0 aromatic heterocycles. The number of hydrogen-bond donors (Lipinski definition) is 0. The van der Waals surface area contributed by atoms with Gasteiger partial charge in [-0.05, 0) is 17.0 Å². The number of alkyl halides is 1. The fraction of sp³-hybridized carbons (Fsp3) is 0.200. The molecule has 0 spiro atoms. The summed E-state index contributed by atoms with van der Waals surface area (Å²) in [5, 5.41) is 0. The van der Waals surface area contributed by atoms with E-state index in [-0.39, 0.29) is 0 Å². The number of hydrogen-bond acceptors (Lipinski definition) is 0. The van der Waals surface area contributed by atoms with E-state index in [1.807, 2.05) is 0 Å². The third-order valence-corrected chi connectivity index (χ3v) is 4.68. The Kier molecular flexibility index (Phi) is 3.99. The van der Waals surface area contributed by atoms with E-state index in [0.717, 1.165) is 0 Å². The van der Waals surface area contributed by atoms with E-state index < -0.39 is 0 Å². The van der Waals surface area contributed by atoms with Gasteiger partial charge < -0.3 is 0 Å². The summed E-state index contributed by atoms with van der Waals surface area (Å²) in [6, 6.07) is 21.4. The Morgan fingerprint density at radius 2 is 1.19 bits per heavy atom. The molecule has 0 aliphatic rings. The molecule has 0 aliphatic carbocycles. The van der Waals surface area contributed by atoms with E-state index in [4.69, 9.17) is 0 Å². The predicted molar refractivity (Wildman–Crippen MR) is 78.1 cm³/mol. The molecule has 2 atom stereocenters. The lowest BCUT2D eigenvalue weighted by Crippen LogP contribution is -2.01. The normalized spacial score (nSPS) is 14.4. The van der Waals surface area contributed by atoms with Gasteiger partial charge in [-0.3, -0.25) is 0 Å². The summed E-state index contributed by atoms with van der Waals surface area (Å²) in [6.07, 6.45) is 0. The second kappa shape index (κ2) is 5.48. The SMILES string of the molecule is C[C@H](c1ccccc1)[C@@H](I)c1ccccc1. The van der Waals surface area contributed by atoms with Crippen LogP contribution in [-0.2, 0) is 0 Å². The Labute approximate surface area is 111 Å². The van der Waals surface area contributed by atoms with Crippen molar-refractivity contribution in [2.24, 2.45) is 0 Å². The number of rotatable bonds is 3. The lowest BCUT2D eigenvalue weighted by atomic mass is 9.94. The zero-order valence-corrected chi connectivity index (χ0v) is 11.5. The highest BCUT2D eigenvalue weighted by molar-refractivity contribution is 14.1. The lowest BCUT2D eigenvalue weighted by Gasteiger charge is -2.19. The van der Waals surface area contributed by atoms with Gasteiger partial charge in [0.15, 0.2) is 0 Å². The first-order chi connectivity index (χ1) is 7.79. The maximum Gasteiger partial charge on any atom is 0.0425 e. The molecule has 2 aromatic carbocycles. The molecule has 0 nitrogen and oxygen atoms in total. The van der Waals surface area contributed by atoms with Crippen LogP contribution < -0.4 is 0 Å². The van der Waals surface area contributed by atoms with Gasteiger partial charge in [-0.25, -0.2) is 0 Å². The van der Waals surface area contributed by atoms with Crippen molar-refractivity contribution in [3.05, 3.63) is 71.8 Å². The monoisotopic (exact) mass is 322 g/mol. The van der Waals surface area contributed by atoms with Gasteiger partial charge in [0.2, 0.25) is 0 Å². The van der Waals surface area contributed by atoms with Gasteiger partial charge in [0.05, 0.1) is 0 Å². The quantitative estimate of drug-likeness (QED) is 0.553. The highest BCUT2D eigenvalue weighted by atomic mass is 127. The highest BCUT2D eigenvalue weighted by Gasteiger charge is 2.16. The van der Waals surface area contributed by atoms with E-state index in [9.17, 15) is 0 Å². The molecule has 0 amide bonds. The Morgan fingerprint density at radius 3 is 1.69 bits per heavy atom. The molecule has 1 heteroatoms. The summed E-state index contributed by atoms with van der Waals surface area (Å²) in [6.45, 7) is 2.29. The molecular weight excluding hydrogens is 307 g/mol. The Hall–Kier alpha value is -0.830. The average Bonchev–Trinajstić information content (AvgIpc) is 2.39. The van der Waals surface area contributed by atoms with Crippen molar-refractivity contribution in [1.29, 1.82) is 0 Å². The van der Waals surface area contributed by atoms with Crippen molar-refractivity contribution in [2.75, 3.05) is 0 Å². The lowest BCUT2D eigenvalue weighted by molar-refractivity contribution is 0.764. The van der Waals surface area contributed by atoms with E-state index in [2.05, 4.69) is 90.2 Å². The second-order valence-electron chi connectivity index (χ2n) is 4.01. The minimum Gasteiger partial charge on any atom is -0.0768 e. The molecule has 2 rings (SSSR count). The molecule has 0 radical (unpaired) electrons. The van der Waals surface area contributed by atoms with Crippen LogP contribution in [0.5, 0.6) is 0 Å². The predicted octanol–water partition coefficient (Wildman–Crippen LogP) is 4.97. The second-order valence-corrected chi connectivity index (χ2v) is 5.35. The molecule has 0 aliphatic heterocycles. The summed E-state index contributed by atoms with van der Waals surface area (Å²) in [7, 11) is 0. The molecule has 0 N–H and O–H groups in total. The highest BCUT2D eigenvalue weighted by Crippen LogP contribution is 2.37. The van der Waals surface area contributed by atoms with Crippen LogP contribution in [0.1, 0.15) is 27.9 Å². The average molecular weight is 322 g/mol. The summed E-state index contributed by atoms with van der Waals surface area (Å²) < 4.78 is 0.529. The van der Waals surface area contributed by atoms with Crippen LogP contribution in [-0.4, -0.2) is 0 Å². The van der Waals surface area contributed by atoms with Crippen LogP contribution in [0.2, 0.25) is 0 Å². The van der Waals surface area contributed by atoms with Crippen LogP contribution in [0.3, 0.4) is 0 Å². The van der Waals surface area contributed by atoms with E-state index in [1.165, 1.54) is 11.1 Å². The van der Waals surface area contributed by atoms with Gasteiger partial charge in [0.1, 0.15) is 0 Å². The van der Waals surface area contributed by atoms with Crippen LogP contribution in [0.4, 0.5) is 0 Å². The van der Waals surface area contributed by atoms with Crippen LogP contribution >= 0.6 is 22.6 Å². The van der Waals surface area contributed by atoms with Crippen molar-refractivity contribution >= 4 is 22.6 Å². The smallest absolute Gasteiger partial charge is 0.0425 e. The molecule has 82 valence electrons. The van der Waals surface area contributed by atoms with Gasteiger partial charge in [0, 0.05) is 3.92 Å². The fourth-order valence-corrected chi connectivity index (χ4v) is 2.68. The van der Waals surface area contributed by atoms with Crippen molar-refractivity contribution in [3.63, 3.8) is 0 Å². The fourth-order valence-electron chi connectivity index (χ4n) is 1.85. The van der Waals surface area contributed by atoms with Gasteiger partial charge in [-0.15, -0.1) is 0 Å². The van der Waals surface area contributed by atoms with Crippen molar-refractivity contribution in [1.82, 2.24) is 0 Å². The topological polar surface area (TPSA) is 0 Å². The van der Waals surface area contributed by atoms with Gasteiger partial charge in [-0.1, -0.05) is 90.2 Å². The van der Waals surface area contributed by atoms with Crippen molar-refractivity contribution in [2.45, 2.75) is 16.8 Å². The van der Waals surface area contributed by atoms with Crippen molar-refractivity contribution < 1.29 is 0 Å². The number of halogens is 1. The number of benzene rings is 2.